The van der Waals surface area contributed by atoms with E-state index in [-0.39, 0.29) is 0 Å². The summed E-state index contributed by atoms with van der Waals surface area (Å²) in [6.07, 6.45) is 1.90. The van der Waals surface area contributed by atoms with Gasteiger partial charge in [0.15, 0.2) is 0 Å². The van der Waals surface area contributed by atoms with Crippen LogP contribution in [0.4, 0.5) is 0 Å². The van der Waals surface area contributed by atoms with E-state index in [0.29, 0.717) is 12.1 Å². The molecule has 2 heterocycles. The lowest BCUT2D eigenvalue weighted by molar-refractivity contribution is 0.0833. The lowest BCUT2D eigenvalue weighted by Gasteiger charge is -2.39. The lowest BCUT2D eigenvalue weighted by atomic mass is 10.2. The predicted octanol–water partition coefficient (Wildman–Crippen LogP) is 2.23. The highest BCUT2D eigenvalue weighted by Gasteiger charge is 2.24. The third kappa shape index (κ3) is 2.62. The van der Waals surface area contributed by atoms with Gasteiger partial charge in [-0.3, -0.25) is 9.80 Å². The van der Waals surface area contributed by atoms with Crippen LogP contribution in [0.25, 0.3) is 0 Å². The molecule has 0 bridgehead atoms. The Morgan fingerprint density at radius 1 is 1.12 bits per heavy atom. The first-order chi connectivity index (χ1) is 7.68. The van der Waals surface area contributed by atoms with E-state index in [2.05, 4.69) is 40.9 Å². The molecule has 0 aliphatic carbocycles. The summed E-state index contributed by atoms with van der Waals surface area (Å²) in [5, 5.41) is 3.31. The molecule has 1 fully saturated rings. The molecule has 90 valence electrons. The fraction of sp³-hybridized carbons (Fsp3) is 0.750. The van der Waals surface area contributed by atoms with E-state index in [1.807, 2.05) is 6.20 Å². The Balaban J connectivity index is 1.89. The molecule has 0 aromatic carbocycles. The van der Waals surface area contributed by atoms with Crippen LogP contribution in [-0.2, 0) is 0 Å². The summed E-state index contributed by atoms with van der Waals surface area (Å²) in [5.74, 6) is 0. The highest BCUT2D eigenvalue weighted by atomic mass is 32.1. The molecule has 1 atom stereocenters. The molecule has 1 aromatic heterocycles. The van der Waals surface area contributed by atoms with Gasteiger partial charge in [0.2, 0.25) is 0 Å². The SMILES string of the molecule is CC(C)N1CCN(C(C)c2nccs2)CC1. The molecule has 0 saturated carbocycles. The van der Waals surface area contributed by atoms with Crippen LogP contribution in [0.2, 0.25) is 0 Å². The van der Waals surface area contributed by atoms with Gasteiger partial charge >= 0.3 is 0 Å². The predicted molar refractivity (Wildman–Crippen MR) is 68.8 cm³/mol. The minimum atomic E-state index is 0.481. The van der Waals surface area contributed by atoms with Crippen LogP contribution in [0, 0.1) is 0 Å². The minimum Gasteiger partial charge on any atom is -0.298 e. The Labute approximate surface area is 102 Å². The Kier molecular flexibility index (Phi) is 3.95. The van der Waals surface area contributed by atoms with Gasteiger partial charge in [-0.25, -0.2) is 4.98 Å². The number of piperazine rings is 1. The van der Waals surface area contributed by atoms with Crippen LogP contribution in [-0.4, -0.2) is 47.0 Å². The summed E-state index contributed by atoms with van der Waals surface area (Å²) >= 11 is 1.77. The molecule has 0 N–H and O–H groups in total. The van der Waals surface area contributed by atoms with Crippen LogP contribution in [0.1, 0.15) is 31.8 Å². The van der Waals surface area contributed by atoms with E-state index >= 15 is 0 Å². The summed E-state index contributed by atoms with van der Waals surface area (Å²) in [6.45, 7) is 11.5. The van der Waals surface area contributed by atoms with Gasteiger partial charge in [0.1, 0.15) is 5.01 Å². The van der Waals surface area contributed by atoms with E-state index in [4.69, 9.17) is 0 Å². The van der Waals surface area contributed by atoms with Crippen molar-refractivity contribution >= 4 is 11.3 Å². The van der Waals surface area contributed by atoms with Crippen molar-refractivity contribution in [3.8, 4) is 0 Å². The average molecular weight is 239 g/mol. The van der Waals surface area contributed by atoms with E-state index < -0.39 is 0 Å². The smallest absolute Gasteiger partial charge is 0.109 e. The maximum absolute atomic E-state index is 4.41. The van der Waals surface area contributed by atoms with Gasteiger partial charge < -0.3 is 0 Å². The highest BCUT2D eigenvalue weighted by molar-refractivity contribution is 7.09. The normalized spacial score (nSPS) is 21.5. The molecule has 1 aliphatic rings. The number of thiazole rings is 1. The van der Waals surface area contributed by atoms with Gasteiger partial charge in [0.05, 0.1) is 6.04 Å². The molecule has 0 amide bonds. The van der Waals surface area contributed by atoms with Crippen LogP contribution >= 0.6 is 11.3 Å². The van der Waals surface area contributed by atoms with Crippen molar-refractivity contribution in [2.24, 2.45) is 0 Å². The summed E-state index contributed by atoms with van der Waals surface area (Å²) in [6, 6.07) is 1.16. The fourth-order valence-corrected chi connectivity index (χ4v) is 2.97. The molecule has 1 aromatic rings. The number of hydrogen-bond donors (Lipinski definition) is 0. The number of hydrogen-bond acceptors (Lipinski definition) is 4. The van der Waals surface area contributed by atoms with Crippen LogP contribution in [0.5, 0.6) is 0 Å². The van der Waals surface area contributed by atoms with Gasteiger partial charge in [-0.2, -0.15) is 0 Å². The van der Waals surface area contributed by atoms with Crippen molar-refractivity contribution < 1.29 is 0 Å². The summed E-state index contributed by atoms with van der Waals surface area (Å²) in [5.41, 5.74) is 0. The van der Waals surface area contributed by atoms with Gasteiger partial charge in [0.25, 0.3) is 0 Å². The van der Waals surface area contributed by atoms with E-state index in [9.17, 15) is 0 Å². The molecule has 1 aliphatic heterocycles. The van der Waals surface area contributed by atoms with Gasteiger partial charge in [-0.05, 0) is 20.8 Å². The van der Waals surface area contributed by atoms with Crippen molar-refractivity contribution in [1.82, 2.24) is 14.8 Å². The maximum Gasteiger partial charge on any atom is 0.109 e. The van der Waals surface area contributed by atoms with Gasteiger partial charge in [-0.1, -0.05) is 0 Å². The second kappa shape index (κ2) is 5.25. The Hall–Kier alpha value is -0.450. The fourth-order valence-electron chi connectivity index (χ4n) is 2.24. The quantitative estimate of drug-likeness (QED) is 0.806. The van der Waals surface area contributed by atoms with E-state index in [1.165, 1.54) is 31.2 Å². The van der Waals surface area contributed by atoms with Crippen molar-refractivity contribution in [2.75, 3.05) is 26.2 Å². The largest absolute Gasteiger partial charge is 0.298 e. The number of rotatable bonds is 3. The molecule has 4 heteroatoms. The van der Waals surface area contributed by atoms with Crippen molar-refractivity contribution in [3.05, 3.63) is 16.6 Å². The summed E-state index contributed by atoms with van der Waals surface area (Å²) in [7, 11) is 0. The first-order valence-corrected chi connectivity index (χ1v) is 6.94. The van der Waals surface area contributed by atoms with Crippen molar-refractivity contribution in [1.29, 1.82) is 0 Å². The van der Waals surface area contributed by atoms with Crippen molar-refractivity contribution in [3.63, 3.8) is 0 Å². The molecule has 2 rings (SSSR count). The van der Waals surface area contributed by atoms with E-state index in [1.54, 1.807) is 11.3 Å². The topological polar surface area (TPSA) is 19.4 Å². The molecule has 0 radical (unpaired) electrons. The zero-order chi connectivity index (χ0) is 11.5. The molecular formula is C12H21N3S. The molecule has 1 saturated heterocycles. The van der Waals surface area contributed by atoms with Gasteiger partial charge in [0, 0.05) is 43.8 Å². The van der Waals surface area contributed by atoms with Gasteiger partial charge in [-0.15, -0.1) is 11.3 Å². The van der Waals surface area contributed by atoms with Crippen molar-refractivity contribution in [2.45, 2.75) is 32.9 Å². The zero-order valence-corrected chi connectivity index (χ0v) is 11.2. The first kappa shape index (κ1) is 12.0. The second-order valence-corrected chi connectivity index (χ2v) is 5.64. The van der Waals surface area contributed by atoms with Crippen LogP contribution in [0.15, 0.2) is 11.6 Å². The highest BCUT2D eigenvalue weighted by Crippen LogP contribution is 2.23. The lowest BCUT2D eigenvalue weighted by Crippen LogP contribution is -2.49. The van der Waals surface area contributed by atoms with Crippen LogP contribution < -0.4 is 0 Å². The third-order valence-electron chi connectivity index (χ3n) is 3.44. The molecule has 0 spiro atoms. The maximum atomic E-state index is 4.41. The molecule has 16 heavy (non-hydrogen) atoms. The second-order valence-electron chi connectivity index (χ2n) is 4.71. The summed E-state index contributed by atoms with van der Waals surface area (Å²) in [4.78, 5) is 9.49. The monoisotopic (exact) mass is 239 g/mol. The van der Waals surface area contributed by atoms with E-state index in [0.717, 1.165) is 0 Å². The number of nitrogens with zero attached hydrogens (tertiary/aromatic N) is 3. The third-order valence-corrected chi connectivity index (χ3v) is 4.38. The molecule has 1 unspecified atom stereocenters. The average Bonchev–Trinajstić information content (AvgIpc) is 2.81. The molecular weight excluding hydrogens is 218 g/mol. The molecule has 3 nitrogen and oxygen atoms in total. The zero-order valence-electron chi connectivity index (χ0n) is 10.4. The van der Waals surface area contributed by atoms with Crippen LogP contribution in [0.3, 0.4) is 0 Å². The Morgan fingerprint density at radius 3 is 2.25 bits per heavy atom. The Morgan fingerprint density at radius 2 is 1.75 bits per heavy atom. The number of aromatic nitrogens is 1. The first-order valence-electron chi connectivity index (χ1n) is 6.06. The standard InChI is InChI=1S/C12H21N3S/c1-10(2)14-5-7-15(8-6-14)11(3)12-13-4-9-16-12/h4,9-11H,5-8H2,1-3H3. The summed E-state index contributed by atoms with van der Waals surface area (Å²) < 4.78 is 0. The Bertz CT molecular complexity index is 302. The minimum absolute atomic E-state index is 0.481.